The molecule has 1 aliphatic rings. The van der Waals surface area contributed by atoms with E-state index in [0.29, 0.717) is 36.5 Å². The average molecular weight is 573 g/mol. The second kappa shape index (κ2) is 11.3. The summed E-state index contributed by atoms with van der Waals surface area (Å²) in [6.45, 7) is 11.1. The summed E-state index contributed by atoms with van der Waals surface area (Å²) in [4.78, 5) is 26.6. The van der Waals surface area contributed by atoms with Gasteiger partial charge in [0.1, 0.15) is 4.21 Å². The number of hydrogen-bond donors (Lipinski definition) is 1. The number of halogens is 1. The fourth-order valence-electron chi connectivity index (χ4n) is 5.02. The van der Waals surface area contributed by atoms with E-state index in [9.17, 15) is 18.0 Å². The van der Waals surface area contributed by atoms with Gasteiger partial charge in [-0.15, -0.1) is 11.3 Å². The molecule has 1 aliphatic heterocycles. The highest BCUT2D eigenvalue weighted by molar-refractivity contribution is 7.91. The number of hydrogen-bond acceptors (Lipinski definition) is 5. The van der Waals surface area contributed by atoms with Crippen LogP contribution in [0.25, 0.3) is 0 Å². The quantitative estimate of drug-likeness (QED) is 0.344. The Morgan fingerprint density at radius 2 is 1.45 bits per heavy atom. The Bertz CT molecular complexity index is 1460. The molecule has 6 nitrogen and oxygen atoms in total. The van der Waals surface area contributed by atoms with E-state index in [0.717, 1.165) is 44.0 Å². The van der Waals surface area contributed by atoms with Gasteiger partial charge < -0.3 is 5.32 Å². The highest BCUT2D eigenvalue weighted by Crippen LogP contribution is 2.33. The largest absolute Gasteiger partial charge is 0.347 e. The summed E-state index contributed by atoms with van der Waals surface area (Å²) in [5, 5.41) is 3.37. The summed E-state index contributed by atoms with van der Waals surface area (Å²) < 4.78 is 28.4. The molecule has 0 radical (unpaired) electrons. The van der Waals surface area contributed by atoms with Crippen LogP contribution in [0, 0.1) is 40.5 Å². The van der Waals surface area contributed by atoms with Gasteiger partial charge in [-0.2, -0.15) is 4.31 Å². The van der Waals surface area contributed by atoms with Crippen LogP contribution in [0.1, 0.15) is 66.3 Å². The first-order valence-corrected chi connectivity index (χ1v) is 15.3. The predicted octanol–water partition coefficient (Wildman–Crippen LogP) is 6.16. The normalized spacial score (nSPS) is 15.0. The maximum atomic E-state index is 13.5. The van der Waals surface area contributed by atoms with Crippen molar-refractivity contribution in [2.75, 3.05) is 13.1 Å². The van der Waals surface area contributed by atoms with Gasteiger partial charge in [0.25, 0.3) is 15.9 Å². The molecule has 0 aliphatic carbocycles. The van der Waals surface area contributed by atoms with Gasteiger partial charge in [-0.3, -0.25) is 9.59 Å². The Kier molecular flexibility index (Phi) is 8.47. The molecule has 1 amide bonds. The second-order valence-corrected chi connectivity index (χ2v) is 13.7. The van der Waals surface area contributed by atoms with E-state index in [1.165, 1.54) is 9.87 Å². The lowest BCUT2D eigenvalue weighted by atomic mass is 9.82. The number of carbonyl (C=O) groups is 2. The van der Waals surface area contributed by atoms with Crippen LogP contribution in [0.15, 0.2) is 40.6 Å². The molecule has 1 saturated heterocycles. The predicted molar refractivity (Wildman–Crippen MR) is 153 cm³/mol. The molecule has 0 atom stereocenters. The SMILES string of the molecule is Cc1c(C)c(C)c(C(=O)C2CCN(S(=O)(=O)c3ccc(CNC(=O)c4ccc(Cl)cc4)s3)CC2)c(C)c1C. The summed E-state index contributed by atoms with van der Waals surface area (Å²) in [6, 6.07) is 9.89. The Morgan fingerprint density at radius 1 is 0.895 bits per heavy atom. The van der Waals surface area contributed by atoms with Gasteiger partial charge in [-0.05, 0) is 112 Å². The van der Waals surface area contributed by atoms with Gasteiger partial charge in [0.15, 0.2) is 5.78 Å². The monoisotopic (exact) mass is 572 g/mol. The standard InChI is InChI=1S/C29H33ClN2O4S2/c1-17-18(2)20(4)27(21(5)19(17)3)28(33)22-12-14-32(15-13-22)38(35,36)26-11-10-25(37-26)16-31-29(34)23-6-8-24(30)9-7-23/h6-11,22H,12-16H2,1-5H3,(H,31,34). The Morgan fingerprint density at radius 3 is 2.03 bits per heavy atom. The number of ketones is 1. The third-order valence-electron chi connectivity index (χ3n) is 7.83. The van der Waals surface area contributed by atoms with Gasteiger partial charge >= 0.3 is 0 Å². The molecule has 1 N–H and O–H groups in total. The highest BCUT2D eigenvalue weighted by atomic mass is 35.5. The first kappa shape index (κ1) is 28.5. The third kappa shape index (κ3) is 5.59. The summed E-state index contributed by atoms with van der Waals surface area (Å²) in [5.41, 5.74) is 6.86. The number of Topliss-reactive ketones (excluding diaryl/α,β-unsaturated/α-hetero) is 1. The van der Waals surface area contributed by atoms with Crippen LogP contribution < -0.4 is 5.32 Å². The van der Waals surface area contributed by atoms with Crippen molar-refractivity contribution in [3.05, 3.63) is 85.2 Å². The number of nitrogens with one attached hydrogen (secondary N) is 1. The van der Waals surface area contributed by atoms with Crippen LogP contribution in [0.4, 0.5) is 0 Å². The van der Waals surface area contributed by atoms with E-state index >= 15 is 0 Å². The van der Waals surface area contributed by atoms with Crippen LogP contribution in [0.2, 0.25) is 5.02 Å². The maximum Gasteiger partial charge on any atom is 0.252 e. The van der Waals surface area contributed by atoms with Crippen molar-refractivity contribution >= 4 is 44.7 Å². The van der Waals surface area contributed by atoms with Gasteiger partial charge in [0.2, 0.25) is 0 Å². The molecule has 0 unspecified atom stereocenters. The zero-order valence-corrected chi connectivity index (χ0v) is 24.7. The number of thiophene rings is 1. The van der Waals surface area contributed by atoms with Crippen molar-refractivity contribution in [1.29, 1.82) is 0 Å². The first-order valence-electron chi connectivity index (χ1n) is 12.7. The third-order valence-corrected chi connectivity index (χ3v) is 11.5. The minimum Gasteiger partial charge on any atom is -0.347 e. The van der Waals surface area contributed by atoms with Gasteiger partial charge in [0.05, 0.1) is 6.54 Å². The smallest absolute Gasteiger partial charge is 0.252 e. The Labute approximate surface area is 234 Å². The number of amides is 1. The molecule has 1 fully saturated rings. The molecular weight excluding hydrogens is 540 g/mol. The number of nitrogens with zero attached hydrogens (tertiary/aromatic N) is 1. The molecule has 3 aromatic rings. The molecule has 202 valence electrons. The molecule has 0 spiro atoms. The van der Waals surface area contributed by atoms with Crippen molar-refractivity contribution < 1.29 is 18.0 Å². The van der Waals surface area contributed by atoms with E-state index in [1.807, 2.05) is 13.8 Å². The number of sulfonamides is 1. The Hall–Kier alpha value is -2.52. The molecule has 38 heavy (non-hydrogen) atoms. The van der Waals surface area contributed by atoms with Crippen LogP contribution >= 0.6 is 22.9 Å². The molecule has 9 heteroatoms. The zero-order valence-electron chi connectivity index (χ0n) is 22.4. The van der Waals surface area contributed by atoms with E-state index in [1.54, 1.807) is 36.4 Å². The molecule has 1 aromatic heterocycles. The van der Waals surface area contributed by atoms with Crippen molar-refractivity contribution in [2.24, 2.45) is 5.92 Å². The topological polar surface area (TPSA) is 83.6 Å². The van der Waals surface area contributed by atoms with E-state index in [4.69, 9.17) is 11.6 Å². The van der Waals surface area contributed by atoms with Crippen molar-refractivity contribution in [2.45, 2.75) is 58.2 Å². The summed E-state index contributed by atoms with van der Waals surface area (Å²) in [7, 11) is -3.67. The van der Waals surface area contributed by atoms with E-state index in [2.05, 4.69) is 26.1 Å². The minimum absolute atomic E-state index is 0.123. The lowest BCUT2D eigenvalue weighted by Gasteiger charge is -2.31. The molecule has 2 heterocycles. The van der Waals surface area contributed by atoms with Crippen molar-refractivity contribution in [3.8, 4) is 0 Å². The van der Waals surface area contributed by atoms with Crippen molar-refractivity contribution in [1.82, 2.24) is 9.62 Å². The lowest BCUT2D eigenvalue weighted by Crippen LogP contribution is -2.40. The van der Waals surface area contributed by atoms with Crippen LogP contribution in [0.3, 0.4) is 0 Å². The van der Waals surface area contributed by atoms with Crippen molar-refractivity contribution in [3.63, 3.8) is 0 Å². The summed E-state index contributed by atoms with van der Waals surface area (Å²) in [6.07, 6.45) is 0.997. The fourth-order valence-corrected chi connectivity index (χ4v) is 8.07. The second-order valence-electron chi connectivity index (χ2n) is 9.95. The number of rotatable bonds is 7. The minimum atomic E-state index is -3.67. The summed E-state index contributed by atoms with van der Waals surface area (Å²) >= 11 is 7.02. The fraction of sp³-hybridized carbons (Fsp3) is 0.379. The Balaban J connectivity index is 1.39. The zero-order chi connectivity index (χ0) is 27.8. The number of carbonyl (C=O) groups excluding carboxylic acids is 2. The van der Waals surface area contributed by atoms with Crippen LogP contribution in [-0.4, -0.2) is 37.5 Å². The molecule has 0 saturated carbocycles. The molecule has 4 rings (SSSR count). The van der Waals surface area contributed by atoms with E-state index in [-0.39, 0.29) is 28.4 Å². The van der Waals surface area contributed by atoms with Gasteiger partial charge in [0, 0.05) is 40.0 Å². The number of piperidine rings is 1. The first-order chi connectivity index (χ1) is 17.9. The van der Waals surface area contributed by atoms with Gasteiger partial charge in [-0.1, -0.05) is 11.6 Å². The van der Waals surface area contributed by atoms with Crippen LogP contribution in [0.5, 0.6) is 0 Å². The van der Waals surface area contributed by atoms with E-state index < -0.39 is 10.0 Å². The molecule has 2 aromatic carbocycles. The average Bonchev–Trinajstić information content (AvgIpc) is 3.40. The lowest BCUT2D eigenvalue weighted by molar-refractivity contribution is 0.0873. The number of benzene rings is 2. The van der Waals surface area contributed by atoms with Crippen LogP contribution in [-0.2, 0) is 16.6 Å². The summed E-state index contributed by atoms with van der Waals surface area (Å²) in [5.74, 6) is -0.323. The highest BCUT2D eigenvalue weighted by Gasteiger charge is 2.34. The molecule has 0 bridgehead atoms. The van der Waals surface area contributed by atoms with Gasteiger partial charge in [-0.25, -0.2) is 8.42 Å². The molecular formula is C29H33ClN2O4S2. The maximum absolute atomic E-state index is 13.5.